The van der Waals surface area contributed by atoms with Crippen molar-refractivity contribution < 1.29 is 45.3 Å². The number of rotatable bonds is 3. The Labute approximate surface area is 171 Å². The Morgan fingerprint density at radius 3 is 2.23 bits per heavy atom. The van der Waals surface area contributed by atoms with Crippen molar-refractivity contribution >= 4 is 5.78 Å². The highest BCUT2D eigenvalue weighted by molar-refractivity contribution is 6.16. The maximum Gasteiger partial charge on any atom is 0.201 e. The molecule has 0 bridgehead atoms. The number of phenols is 2. The number of benzene rings is 2. The Morgan fingerprint density at radius 2 is 1.57 bits per heavy atom. The molecule has 0 radical (unpaired) electrons. The van der Waals surface area contributed by atoms with Gasteiger partial charge >= 0.3 is 0 Å². The molecule has 0 aromatic heterocycles. The quantitative estimate of drug-likeness (QED) is 0.334. The molecule has 1 fully saturated rings. The van der Waals surface area contributed by atoms with Crippen molar-refractivity contribution in [3.63, 3.8) is 0 Å². The van der Waals surface area contributed by atoms with Gasteiger partial charge in [-0.25, -0.2) is 0 Å². The van der Waals surface area contributed by atoms with Crippen LogP contribution < -0.4 is 0 Å². The van der Waals surface area contributed by atoms with Gasteiger partial charge in [-0.15, -0.1) is 0 Å². The minimum Gasteiger partial charge on any atom is -0.507 e. The maximum absolute atomic E-state index is 13.1. The fourth-order valence-electron chi connectivity index (χ4n) is 4.41. The van der Waals surface area contributed by atoms with Gasteiger partial charge in [0.05, 0.1) is 30.4 Å². The number of aliphatic hydroxyl groups is 5. The number of hydrogen-bond acceptors (Lipinski definition) is 9. The normalized spacial score (nSPS) is 30.6. The van der Waals surface area contributed by atoms with Crippen molar-refractivity contribution in [1.82, 2.24) is 0 Å². The number of phenolic OH excluding ortho intramolecular Hbond substituents is 2. The Kier molecular flexibility index (Phi) is 5.27. The summed E-state index contributed by atoms with van der Waals surface area (Å²) in [5.41, 5.74) is 0.609. The summed E-state index contributed by atoms with van der Waals surface area (Å²) >= 11 is 0. The molecule has 1 aliphatic carbocycles. The minimum absolute atomic E-state index is 0.0843. The van der Waals surface area contributed by atoms with E-state index in [2.05, 4.69) is 0 Å². The second kappa shape index (κ2) is 7.62. The van der Waals surface area contributed by atoms with E-state index in [1.807, 2.05) is 0 Å². The molecular weight excluding hydrogens is 396 g/mol. The molecule has 7 N–H and O–H groups in total. The number of hydrogen-bond donors (Lipinski definition) is 7. The number of ether oxygens (including phenoxy) is 1. The van der Waals surface area contributed by atoms with Crippen LogP contribution in [0.1, 0.15) is 38.5 Å². The van der Waals surface area contributed by atoms with Gasteiger partial charge in [0.25, 0.3) is 0 Å². The van der Waals surface area contributed by atoms with Crippen LogP contribution in [0.15, 0.2) is 30.3 Å². The molecule has 2 aliphatic rings. The molecule has 2 aromatic carbocycles. The molecule has 2 aromatic rings. The molecule has 30 heavy (non-hydrogen) atoms. The van der Waals surface area contributed by atoms with Crippen LogP contribution in [0.3, 0.4) is 0 Å². The molecule has 9 heteroatoms. The third-order valence-electron chi connectivity index (χ3n) is 5.85. The lowest BCUT2D eigenvalue weighted by Crippen LogP contribution is -2.60. The topological polar surface area (TPSA) is 168 Å². The van der Waals surface area contributed by atoms with Crippen LogP contribution in [0.2, 0.25) is 0 Å². The van der Waals surface area contributed by atoms with Gasteiger partial charge in [0.2, 0.25) is 5.78 Å². The molecule has 5 unspecified atom stereocenters. The number of fused-ring (bicyclic) bond motifs is 2. The summed E-state index contributed by atoms with van der Waals surface area (Å²) in [6.45, 7) is -1.06. The van der Waals surface area contributed by atoms with Gasteiger partial charge in [0.1, 0.15) is 35.9 Å². The van der Waals surface area contributed by atoms with Crippen LogP contribution in [0.5, 0.6) is 11.5 Å². The third kappa shape index (κ3) is 2.99. The zero-order valence-electron chi connectivity index (χ0n) is 15.7. The summed E-state index contributed by atoms with van der Waals surface area (Å²) in [4.78, 5) is 13.1. The first kappa shape index (κ1) is 20.7. The van der Waals surface area contributed by atoms with E-state index >= 15 is 0 Å². The molecule has 1 aliphatic heterocycles. The number of carbonyl (C=O) groups excluding carboxylic acids is 1. The van der Waals surface area contributed by atoms with Crippen LogP contribution in [0.4, 0.5) is 0 Å². The molecule has 9 nitrogen and oxygen atoms in total. The number of aromatic hydroxyl groups is 2. The first-order chi connectivity index (χ1) is 14.3. The summed E-state index contributed by atoms with van der Waals surface area (Å²) in [6, 6.07) is 7.06. The highest BCUT2D eigenvalue weighted by Gasteiger charge is 2.50. The van der Waals surface area contributed by atoms with Crippen LogP contribution in [-0.4, -0.2) is 78.7 Å². The van der Waals surface area contributed by atoms with E-state index < -0.39 is 61.2 Å². The average Bonchev–Trinajstić information content (AvgIpc) is 2.73. The average molecular weight is 418 g/mol. The van der Waals surface area contributed by atoms with Gasteiger partial charge in [-0.3, -0.25) is 4.79 Å². The Morgan fingerprint density at radius 1 is 0.867 bits per heavy atom. The predicted octanol–water partition coefficient (Wildman–Crippen LogP) is -0.891. The number of carbonyl (C=O) groups is 1. The zero-order valence-corrected chi connectivity index (χ0v) is 15.7. The standard InChI is InChI=1S/C21H22O9/c22-6-8-4-10-14(21-20(29)19(28)17(26)13(7-23)30-21)9-2-1-3-11(24)15(9)18(27)16(10)12(25)5-8/h1-5,13-14,17,19-26,28-29H,6-7H2/t13?,14?,17?,19?,20?,21-/m0/s1. The molecule has 6 atom stereocenters. The fourth-order valence-corrected chi connectivity index (χ4v) is 4.41. The summed E-state index contributed by atoms with van der Waals surface area (Å²) < 4.78 is 5.73. The molecule has 160 valence electrons. The Balaban J connectivity index is 1.96. The van der Waals surface area contributed by atoms with Crippen LogP contribution in [0, 0.1) is 0 Å². The first-order valence-electron chi connectivity index (χ1n) is 9.43. The van der Waals surface area contributed by atoms with Gasteiger partial charge < -0.3 is 40.5 Å². The smallest absolute Gasteiger partial charge is 0.201 e. The van der Waals surface area contributed by atoms with Crippen molar-refractivity contribution in [2.75, 3.05) is 6.61 Å². The van der Waals surface area contributed by atoms with Crippen molar-refractivity contribution in [3.05, 3.63) is 58.1 Å². The summed E-state index contributed by atoms with van der Waals surface area (Å²) in [5.74, 6) is -2.34. The fraction of sp³-hybridized carbons (Fsp3) is 0.381. The molecule has 0 amide bonds. The number of ketones is 1. The van der Waals surface area contributed by atoms with Gasteiger partial charge in [0.15, 0.2) is 0 Å². The van der Waals surface area contributed by atoms with E-state index in [-0.39, 0.29) is 28.0 Å². The van der Waals surface area contributed by atoms with Crippen LogP contribution in [-0.2, 0) is 11.3 Å². The molecule has 4 rings (SSSR count). The highest BCUT2D eigenvalue weighted by atomic mass is 16.5. The summed E-state index contributed by atoms with van der Waals surface area (Å²) in [5, 5.41) is 71.0. The van der Waals surface area contributed by atoms with E-state index in [1.54, 1.807) is 6.07 Å². The highest BCUT2D eigenvalue weighted by Crippen LogP contribution is 2.47. The maximum atomic E-state index is 13.1. The van der Waals surface area contributed by atoms with E-state index in [0.717, 1.165) is 0 Å². The zero-order chi connectivity index (χ0) is 21.7. The Hall–Kier alpha value is -2.53. The minimum atomic E-state index is -1.64. The third-order valence-corrected chi connectivity index (χ3v) is 5.85. The SMILES string of the molecule is O=C1c2c(O)cccc2C([C@@H]2OC(CO)C(O)C(O)C2O)c2cc(CO)cc(O)c21. The van der Waals surface area contributed by atoms with Gasteiger partial charge in [-0.05, 0) is 28.8 Å². The summed E-state index contributed by atoms with van der Waals surface area (Å²) in [7, 11) is 0. The second-order valence-corrected chi connectivity index (χ2v) is 7.58. The monoisotopic (exact) mass is 418 g/mol. The molecule has 1 heterocycles. The van der Waals surface area contributed by atoms with E-state index in [0.29, 0.717) is 5.56 Å². The van der Waals surface area contributed by atoms with Crippen molar-refractivity contribution in [2.24, 2.45) is 0 Å². The van der Waals surface area contributed by atoms with Crippen LogP contribution >= 0.6 is 0 Å². The lowest BCUT2D eigenvalue weighted by molar-refractivity contribution is -0.232. The lowest BCUT2D eigenvalue weighted by Gasteiger charge is -2.45. The van der Waals surface area contributed by atoms with E-state index in [9.17, 15) is 40.5 Å². The lowest BCUT2D eigenvalue weighted by atomic mass is 9.71. The van der Waals surface area contributed by atoms with Crippen molar-refractivity contribution in [3.8, 4) is 11.5 Å². The predicted molar refractivity (Wildman–Crippen MR) is 101 cm³/mol. The summed E-state index contributed by atoms with van der Waals surface area (Å²) in [6.07, 6.45) is -7.22. The van der Waals surface area contributed by atoms with Gasteiger partial charge in [-0.1, -0.05) is 18.2 Å². The molecule has 0 spiro atoms. The van der Waals surface area contributed by atoms with E-state index in [4.69, 9.17) is 4.74 Å². The van der Waals surface area contributed by atoms with Gasteiger partial charge in [0, 0.05) is 5.92 Å². The van der Waals surface area contributed by atoms with E-state index in [1.165, 1.54) is 24.3 Å². The first-order valence-corrected chi connectivity index (χ1v) is 9.43. The van der Waals surface area contributed by atoms with Gasteiger partial charge in [-0.2, -0.15) is 0 Å². The largest absolute Gasteiger partial charge is 0.507 e. The molecule has 1 saturated heterocycles. The van der Waals surface area contributed by atoms with Crippen molar-refractivity contribution in [2.45, 2.75) is 43.0 Å². The van der Waals surface area contributed by atoms with Crippen LogP contribution in [0.25, 0.3) is 0 Å². The molecule has 0 saturated carbocycles. The Bertz CT molecular complexity index is 987. The second-order valence-electron chi connectivity index (χ2n) is 7.58. The number of aliphatic hydroxyl groups excluding tert-OH is 5. The van der Waals surface area contributed by atoms with Crippen molar-refractivity contribution in [1.29, 1.82) is 0 Å². The molecular formula is C21H22O9.